The van der Waals surface area contributed by atoms with E-state index in [0.717, 1.165) is 24.3 Å². The quantitative estimate of drug-likeness (QED) is 0.180. The molecule has 0 saturated carbocycles. The molecular weight excluding hydrogens is 582 g/mol. The van der Waals surface area contributed by atoms with E-state index in [1.54, 1.807) is 32.9 Å². The van der Waals surface area contributed by atoms with Crippen LogP contribution in [0.3, 0.4) is 0 Å². The number of fused-ring (bicyclic) bond motifs is 1. The normalized spacial score (nSPS) is 15.8. The highest BCUT2D eigenvalue weighted by molar-refractivity contribution is 7.92. The summed E-state index contributed by atoms with van der Waals surface area (Å²) in [4.78, 5) is 37.4. The van der Waals surface area contributed by atoms with Crippen LogP contribution < -0.4 is 9.15 Å². The molecular formula is C28H39N3O9SSi. The number of amides is 1. The monoisotopic (exact) mass is 621 g/mol. The number of esters is 1. The summed E-state index contributed by atoms with van der Waals surface area (Å²) in [5.41, 5.74) is 0.385. The molecule has 1 aliphatic rings. The molecule has 0 spiro atoms. The molecule has 2 aromatic carbocycles. The molecule has 0 aromatic heterocycles. The van der Waals surface area contributed by atoms with Gasteiger partial charge in [-0.3, -0.25) is 19.7 Å². The van der Waals surface area contributed by atoms with Crippen molar-refractivity contribution in [3.8, 4) is 5.75 Å². The van der Waals surface area contributed by atoms with Gasteiger partial charge in [-0.25, -0.2) is 18.0 Å². The van der Waals surface area contributed by atoms with Crippen molar-refractivity contribution < 1.29 is 36.8 Å². The van der Waals surface area contributed by atoms with Crippen LogP contribution in [0.4, 0.5) is 16.2 Å². The zero-order chi connectivity index (χ0) is 31.8. The van der Waals surface area contributed by atoms with E-state index in [0.29, 0.717) is 11.1 Å². The molecule has 42 heavy (non-hydrogen) atoms. The first-order valence-electron chi connectivity index (χ1n) is 13.3. The van der Waals surface area contributed by atoms with E-state index < -0.39 is 47.0 Å². The lowest BCUT2D eigenvalue weighted by molar-refractivity contribution is -0.384. The van der Waals surface area contributed by atoms with Crippen LogP contribution in [0.25, 0.3) is 0 Å². The van der Waals surface area contributed by atoms with Gasteiger partial charge in [-0.2, -0.15) is 0 Å². The number of carbonyl (C=O) groups excluding carboxylic acids is 2. The number of nitro groups is 1. The Morgan fingerprint density at radius 1 is 1.05 bits per heavy atom. The van der Waals surface area contributed by atoms with Crippen LogP contribution in [-0.4, -0.2) is 57.4 Å². The second-order valence-electron chi connectivity index (χ2n) is 12.7. The van der Waals surface area contributed by atoms with Gasteiger partial charge < -0.3 is 13.9 Å². The number of nitro benzene ring substituents is 1. The molecule has 0 aliphatic carbocycles. The molecule has 12 nitrogen and oxygen atoms in total. The minimum atomic E-state index is -4.19. The molecule has 1 heterocycles. The van der Waals surface area contributed by atoms with Crippen molar-refractivity contribution in [3.05, 3.63) is 57.6 Å². The molecule has 0 saturated heterocycles. The Bertz CT molecular complexity index is 1480. The number of sulfonamides is 1. The van der Waals surface area contributed by atoms with Gasteiger partial charge in [0.15, 0.2) is 0 Å². The third-order valence-corrected chi connectivity index (χ3v) is 13.0. The minimum Gasteiger partial charge on any atom is -0.542 e. The number of benzene rings is 2. The molecule has 1 atom stereocenters. The minimum absolute atomic E-state index is 0.00720. The summed E-state index contributed by atoms with van der Waals surface area (Å²) >= 11 is 0. The topological polar surface area (TPSA) is 154 Å². The van der Waals surface area contributed by atoms with E-state index in [9.17, 15) is 28.1 Å². The SMILES string of the molecule is COC(=O)[C@@H]1Cc2cc(NS(=O)(=O)c3ccc([N+](=O)[O-])cc3)c(O[Si](C)(C)C(C)(C)C)cc2CN1C(=O)OC(C)(C)C. The number of hydrogen-bond acceptors (Lipinski definition) is 9. The average Bonchev–Trinajstić information content (AvgIpc) is 2.85. The first-order valence-corrected chi connectivity index (χ1v) is 17.7. The van der Waals surface area contributed by atoms with E-state index in [1.807, 2.05) is 33.9 Å². The smallest absolute Gasteiger partial charge is 0.411 e. The van der Waals surface area contributed by atoms with Crippen molar-refractivity contribution in [2.45, 2.75) is 89.2 Å². The lowest BCUT2D eigenvalue weighted by Gasteiger charge is -2.39. The molecule has 0 bridgehead atoms. The van der Waals surface area contributed by atoms with Crippen molar-refractivity contribution in [1.82, 2.24) is 4.90 Å². The van der Waals surface area contributed by atoms with Crippen LogP contribution >= 0.6 is 0 Å². The number of anilines is 1. The van der Waals surface area contributed by atoms with Crippen molar-refractivity contribution in [3.63, 3.8) is 0 Å². The number of non-ortho nitro benzene ring substituents is 1. The van der Waals surface area contributed by atoms with E-state index in [2.05, 4.69) is 4.72 Å². The van der Waals surface area contributed by atoms with E-state index >= 15 is 0 Å². The highest BCUT2D eigenvalue weighted by Gasteiger charge is 2.41. The average molecular weight is 622 g/mol. The zero-order valence-electron chi connectivity index (χ0n) is 25.4. The molecule has 0 unspecified atom stereocenters. The summed E-state index contributed by atoms with van der Waals surface area (Å²) in [5.74, 6) is -0.368. The van der Waals surface area contributed by atoms with Crippen LogP contribution in [0.15, 0.2) is 41.3 Å². The molecule has 1 N–H and O–H groups in total. The van der Waals surface area contributed by atoms with Gasteiger partial charge >= 0.3 is 12.1 Å². The van der Waals surface area contributed by atoms with E-state index in [4.69, 9.17) is 13.9 Å². The summed E-state index contributed by atoms with van der Waals surface area (Å²) in [5, 5.41) is 10.8. The first kappa shape index (κ1) is 32.9. The largest absolute Gasteiger partial charge is 0.542 e. The fourth-order valence-electron chi connectivity index (χ4n) is 4.02. The number of nitrogens with one attached hydrogen (secondary N) is 1. The fourth-order valence-corrected chi connectivity index (χ4v) is 6.10. The number of carbonyl (C=O) groups is 2. The lowest BCUT2D eigenvalue weighted by atomic mass is 9.93. The predicted molar refractivity (Wildman–Crippen MR) is 159 cm³/mol. The predicted octanol–water partition coefficient (Wildman–Crippen LogP) is 5.61. The summed E-state index contributed by atoms with van der Waals surface area (Å²) in [7, 11) is -5.46. The third-order valence-electron chi connectivity index (χ3n) is 7.31. The Hall–Kier alpha value is -3.65. The standard InChI is InChI=1S/C28H39N3O9SSi/c1-27(2,3)39-26(33)30-17-19-16-24(40-42(8,9)28(4,5)6)22(14-18(19)15-23(30)25(32)38-7)29-41(36,37)21-12-10-20(11-13-21)31(34)35/h10-14,16,23,29H,15,17H2,1-9H3/t23-/m0/s1. The second-order valence-corrected chi connectivity index (χ2v) is 19.1. The molecule has 1 aliphatic heterocycles. The number of ether oxygens (including phenoxy) is 2. The molecule has 14 heteroatoms. The fraction of sp³-hybridized carbons (Fsp3) is 0.500. The van der Waals surface area contributed by atoms with Crippen molar-refractivity contribution >= 4 is 41.8 Å². The van der Waals surface area contributed by atoms with Gasteiger partial charge in [0, 0.05) is 18.6 Å². The summed E-state index contributed by atoms with van der Waals surface area (Å²) in [6.45, 7) is 15.4. The molecule has 1 amide bonds. The van der Waals surface area contributed by atoms with E-state index in [-0.39, 0.29) is 40.0 Å². The second kappa shape index (κ2) is 11.6. The number of nitrogens with zero attached hydrogens (tertiary/aromatic N) is 2. The van der Waals surface area contributed by atoms with Crippen molar-refractivity contribution in [1.29, 1.82) is 0 Å². The Morgan fingerprint density at radius 2 is 1.64 bits per heavy atom. The number of methoxy groups -OCH3 is 1. The Balaban J connectivity index is 2.12. The maximum Gasteiger partial charge on any atom is 0.411 e. The van der Waals surface area contributed by atoms with Crippen LogP contribution in [-0.2, 0) is 37.3 Å². The van der Waals surface area contributed by atoms with Gasteiger partial charge in [0.25, 0.3) is 24.0 Å². The molecule has 0 fully saturated rings. The lowest BCUT2D eigenvalue weighted by Crippen LogP contribution is -2.50. The van der Waals surface area contributed by atoms with Crippen molar-refractivity contribution in [2.75, 3.05) is 11.8 Å². The maximum absolute atomic E-state index is 13.4. The Labute approximate surface area is 247 Å². The van der Waals surface area contributed by atoms with Gasteiger partial charge in [0.2, 0.25) is 0 Å². The number of rotatable bonds is 7. The summed E-state index contributed by atoms with van der Waals surface area (Å²) < 4.78 is 46.4. The van der Waals surface area contributed by atoms with Crippen LogP contribution in [0.2, 0.25) is 18.1 Å². The first-order chi connectivity index (χ1) is 19.1. The zero-order valence-corrected chi connectivity index (χ0v) is 27.2. The van der Waals surface area contributed by atoms with Gasteiger partial charge in [-0.15, -0.1) is 0 Å². The molecule has 0 radical (unpaired) electrons. The van der Waals surface area contributed by atoms with Crippen LogP contribution in [0.5, 0.6) is 5.75 Å². The maximum atomic E-state index is 13.4. The summed E-state index contributed by atoms with van der Waals surface area (Å²) in [6.07, 6.45) is -0.633. The highest BCUT2D eigenvalue weighted by Crippen LogP contribution is 2.42. The molecule has 230 valence electrons. The Kier molecular flexibility index (Phi) is 9.04. The van der Waals surface area contributed by atoms with Gasteiger partial charge in [0.1, 0.15) is 17.4 Å². The van der Waals surface area contributed by atoms with Crippen LogP contribution in [0, 0.1) is 10.1 Å². The van der Waals surface area contributed by atoms with Gasteiger partial charge in [-0.1, -0.05) is 20.8 Å². The highest BCUT2D eigenvalue weighted by atomic mass is 32.2. The molecule has 2 aromatic rings. The Morgan fingerprint density at radius 3 is 2.14 bits per heavy atom. The third kappa shape index (κ3) is 7.40. The van der Waals surface area contributed by atoms with E-state index in [1.165, 1.54) is 12.0 Å². The van der Waals surface area contributed by atoms with Crippen LogP contribution in [0.1, 0.15) is 52.7 Å². The number of hydrogen-bond donors (Lipinski definition) is 1. The van der Waals surface area contributed by atoms with Gasteiger partial charge in [0.05, 0.1) is 29.2 Å². The van der Waals surface area contributed by atoms with Crippen molar-refractivity contribution in [2.24, 2.45) is 0 Å². The molecule has 3 rings (SSSR count). The van der Waals surface area contributed by atoms with Gasteiger partial charge in [-0.05, 0) is 74.3 Å². The summed E-state index contributed by atoms with van der Waals surface area (Å²) in [6, 6.07) is 6.82.